The minimum absolute atomic E-state index is 0.119. The van der Waals surface area contributed by atoms with Gasteiger partial charge < -0.3 is 10.1 Å². The zero-order valence-electron chi connectivity index (χ0n) is 10.8. The van der Waals surface area contributed by atoms with Gasteiger partial charge in [-0.25, -0.2) is 0 Å². The van der Waals surface area contributed by atoms with Crippen LogP contribution >= 0.6 is 0 Å². The van der Waals surface area contributed by atoms with Crippen molar-refractivity contribution in [1.29, 1.82) is 0 Å². The minimum Gasteiger partial charge on any atom is -0.378 e. The van der Waals surface area contributed by atoms with E-state index in [1.54, 1.807) is 0 Å². The summed E-state index contributed by atoms with van der Waals surface area (Å²) in [5.74, 6) is 0.119. The molecule has 1 amide bonds. The molecule has 1 aliphatic carbocycles. The van der Waals surface area contributed by atoms with Crippen LogP contribution in [0.4, 0.5) is 0 Å². The summed E-state index contributed by atoms with van der Waals surface area (Å²) in [5, 5.41) is 2.93. The van der Waals surface area contributed by atoms with Gasteiger partial charge in [-0.2, -0.15) is 0 Å². The smallest absolute Gasteiger partial charge is 0.225 e. The topological polar surface area (TPSA) is 38.3 Å². The number of hydrogen-bond acceptors (Lipinski definition) is 2. The molecule has 1 aliphatic rings. The fraction of sp³-hybridized carbons (Fsp3) is 0.923. The Bertz CT molecular complexity index is 214. The molecule has 0 aliphatic heterocycles. The zero-order chi connectivity index (χ0) is 12.0. The molecule has 1 fully saturated rings. The van der Waals surface area contributed by atoms with E-state index in [-0.39, 0.29) is 11.3 Å². The van der Waals surface area contributed by atoms with E-state index < -0.39 is 0 Å². The van der Waals surface area contributed by atoms with Gasteiger partial charge in [0.15, 0.2) is 0 Å². The first kappa shape index (κ1) is 13.5. The van der Waals surface area contributed by atoms with Gasteiger partial charge in [0.2, 0.25) is 5.91 Å². The Kier molecular flexibility index (Phi) is 5.26. The molecule has 0 spiro atoms. The van der Waals surface area contributed by atoms with Crippen molar-refractivity contribution in [2.45, 2.75) is 59.0 Å². The van der Waals surface area contributed by atoms with E-state index in [1.807, 2.05) is 20.8 Å². The summed E-state index contributed by atoms with van der Waals surface area (Å²) in [6.45, 7) is 7.28. The van der Waals surface area contributed by atoms with E-state index in [0.717, 1.165) is 19.6 Å². The predicted octanol–water partition coefficient (Wildman–Crippen LogP) is 2.50. The monoisotopic (exact) mass is 227 g/mol. The molecule has 0 aromatic rings. The van der Waals surface area contributed by atoms with Gasteiger partial charge in [-0.05, 0) is 19.3 Å². The molecule has 94 valence electrons. The Hall–Kier alpha value is -0.570. The van der Waals surface area contributed by atoms with Gasteiger partial charge in [-0.1, -0.05) is 33.6 Å². The number of hydrogen-bond donors (Lipinski definition) is 1. The van der Waals surface area contributed by atoms with Gasteiger partial charge in [0.25, 0.3) is 0 Å². The molecule has 0 saturated heterocycles. The fourth-order valence-electron chi connectivity index (χ4n) is 1.84. The van der Waals surface area contributed by atoms with Crippen LogP contribution in [-0.4, -0.2) is 25.2 Å². The first-order chi connectivity index (χ1) is 7.50. The first-order valence-electron chi connectivity index (χ1n) is 6.40. The Morgan fingerprint density at radius 1 is 1.31 bits per heavy atom. The maximum atomic E-state index is 11.5. The van der Waals surface area contributed by atoms with Crippen molar-refractivity contribution < 1.29 is 9.53 Å². The molecule has 3 heteroatoms. The van der Waals surface area contributed by atoms with Gasteiger partial charge >= 0.3 is 0 Å². The summed E-state index contributed by atoms with van der Waals surface area (Å²) in [6, 6.07) is 0. The number of carbonyl (C=O) groups excluding carboxylic acids is 1. The average Bonchev–Trinajstić information content (AvgIpc) is 2.68. The molecule has 0 heterocycles. The van der Waals surface area contributed by atoms with E-state index in [0.29, 0.717) is 6.10 Å². The lowest BCUT2D eigenvalue weighted by molar-refractivity contribution is -0.128. The Morgan fingerprint density at radius 2 is 1.94 bits per heavy atom. The summed E-state index contributed by atoms with van der Waals surface area (Å²) < 4.78 is 5.72. The predicted molar refractivity (Wildman–Crippen MR) is 65.3 cm³/mol. The molecule has 0 bridgehead atoms. The lowest BCUT2D eigenvalue weighted by Gasteiger charge is -2.18. The number of ether oxygens (including phenoxy) is 1. The van der Waals surface area contributed by atoms with Crippen LogP contribution in [0.15, 0.2) is 0 Å². The van der Waals surface area contributed by atoms with Crippen molar-refractivity contribution in [1.82, 2.24) is 5.32 Å². The maximum absolute atomic E-state index is 11.5. The average molecular weight is 227 g/mol. The molecule has 0 atom stereocenters. The molecule has 0 aromatic heterocycles. The Labute approximate surface area is 98.9 Å². The van der Waals surface area contributed by atoms with Crippen LogP contribution in [-0.2, 0) is 9.53 Å². The highest BCUT2D eigenvalue weighted by Crippen LogP contribution is 2.20. The third kappa shape index (κ3) is 4.97. The van der Waals surface area contributed by atoms with E-state index in [1.165, 1.54) is 25.7 Å². The van der Waals surface area contributed by atoms with E-state index in [4.69, 9.17) is 4.74 Å². The van der Waals surface area contributed by atoms with Crippen molar-refractivity contribution in [3.8, 4) is 0 Å². The zero-order valence-corrected chi connectivity index (χ0v) is 10.8. The summed E-state index contributed by atoms with van der Waals surface area (Å²) in [6.07, 6.45) is 6.45. The molecule has 0 aromatic carbocycles. The normalized spacial score (nSPS) is 17.7. The van der Waals surface area contributed by atoms with Gasteiger partial charge in [-0.3, -0.25) is 4.79 Å². The second-order valence-electron chi connectivity index (χ2n) is 5.64. The summed E-state index contributed by atoms with van der Waals surface area (Å²) >= 11 is 0. The number of nitrogens with one attached hydrogen (secondary N) is 1. The van der Waals surface area contributed by atoms with E-state index in [2.05, 4.69) is 5.32 Å². The van der Waals surface area contributed by atoms with Crippen LogP contribution in [0.3, 0.4) is 0 Å². The molecular weight excluding hydrogens is 202 g/mol. The van der Waals surface area contributed by atoms with Gasteiger partial charge in [-0.15, -0.1) is 0 Å². The van der Waals surface area contributed by atoms with Crippen molar-refractivity contribution in [3.05, 3.63) is 0 Å². The van der Waals surface area contributed by atoms with Crippen molar-refractivity contribution in [2.24, 2.45) is 5.41 Å². The standard InChI is InChI=1S/C13H25NO2/c1-13(2,3)12(15)14-9-6-10-16-11-7-4-5-8-11/h11H,4-10H2,1-3H3,(H,14,15). The second kappa shape index (κ2) is 6.24. The largest absolute Gasteiger partial charge is 0.378 e. The first-order valence-corrected chi connectivity index (χ1v) is 6.40. The Morgan fingerprint density at radius 3 is 2.50 bits per heavy atom. The van der Waals surface area contributed by atoms with Gasteiger partial charge in [0, 0.05) is 18.6 Å². The fourth-order valence-corrected chi connectivity index (χ4v) is 1.84. The third-order valence-electron chi connectivity index (χ3n) is 2.94. The van der Waals surface area contributed by atoms with E-state index in [9.17, 15) is 4.79 Å². The van der Waals surface area contributed by atoms with Crippen molar-refractivity contribution in [3.63, 3.8) is 0 Å². The molecular formula is C13H25NO2. The highest BCUT2D eigenvalue weighted by Gasteiger charge is 2.20. The van der Waals surface area contributed by atoms with Gasteiger partial charge in [0.1, 0.15) is 0 Å². The number of amides is 1. The van der Waals surface area contributed by atoms with Crippen molar-refractivity contribution >= 4 is 5.91 Å². The highest BCUT2D eigenvalue weighted by atomic mass is 16.5. The quantitative estimate of drug-likeness (QED) is 0.733. The molecule has 1 rings (SSSR count). The molecule has 0 radical (unpaired) electrons. The second-order valence-corrected chi connectivity index (χ2v) is 5.64. The molecule has 1 saturated carbocycles. The number of rotatable bonds is 5. The van der Waals surface area contributed by atoms with Crippen LogP contribution < -0.4 is 5.32 Å². The summed E-state index contributed by atoms with van der Waals surface area (Å²) in [4.78, 5) is 11.5. The minimum atomic E-state index is -0.285. The highest BCUT2D eigenvalue weighted by molar-refractivity contribution is 5.81. The summed E-state index contributed by atoms with van der Waals surface area (Å²) in [5.41, 5.74) is -0.285. The molecule has 16 heavy (non-hydrogen) atoms. The Balaban J connectivity index is 1.97. The molecule has 3 nitrogen and oxygen atoms in total. The lowest BCUT2D eigenvalue weighted by atomic mass is 9.96. The summed E-state index contributed by atoms with van der Waals surface area (Å²) in [7, 11) is 0. The maximum Gasteiger partial charge on any atom is 0.225 e. The van der Waals surface area contributed by atoms with Crippen LogP contribution in [0.5, 0.6) is 0 Å². The van der Waals surface area contributed by atoms with Crippen LogP contribution in [0.1, 0.15) is 52.9 Å². The van der Waals surface area contributed by atoms with Crippen molar-refractivity contribution in [2.75, 3.05) is 13.2 Å². The number of carbonyl (C=O) groups is 1. The lowest BCUT2D eigenvalue weighted by Crippen LogP contribution is -2.35. The molecule has 0 unspecified atom stereocenters. The van der Waals surface area contributed by atoms with Crippen LogP contribution in [0, 0.1) is 5.41 Å². The van der Waals surface area contributed by atoms with Crippen LogP contribution in [0.25, 0.3) is 0 Å². The molecule has 1 N–H and O–H groups in total. The third-order valence-corrected chi connectivity index (χ3v) is 2.94. The van der Waals surface area contributed by atoms with Crippen LogP contribution in [0.2, 0.25) is 0 Å². The SMILES string of the molecule is CC(C)(C)C(=O)NCCCOC1CCCC1. The van der Waals surface area contributed by atoms with E-state index >= 15 is 0 Å². The van der Waals surface area contributed by atoms with Gasteiger partial charge in [0.05, 0.1) is 6.10 Å².